The molecule has 0 aliphatic heterocycles. The van der Waals surface area contributed by atoms with Crippen molar-refractivity contribution in [3.63, 3.8) is 0 Å². The lowest BCUT2D eigenvalue weighted by Crippen LogP contribution is -2.46. The van der Waals surface area contributed by atoms with Crippen LogP contribution in [-0.2, 0) is 19.6 Å². The van der Waals surface area contributed by atoms with E-state index in [-0.39, 0.29) is 5.54 Å². The van der Waals surface area contributed by atoms with Gasteiger partial charge in [-0.3, -0.25) is 5.43 Å². The van der Waals surface area contributed by atoms with Gasteiger partial charge < -0.3 is 0 Å². The minimum Gasteiger partial charge on any atom is -0.274 e. The predicted octanol–water partition coefficient (Wildman–Crippen LogP) is 1.82. The number of aromatic nitrogens is 2. The number of hydrogen-bond donors (Lipinski definition) is 1. The van der Waals surface area contributed by atoms with Crippen molar-refractivity contribution in [3.8, 4) is 0 Å². The van der Waals surface area contributed by atoms with Crippen molar-refractivity contribution in [2.24, 2.45) is 24.4 Å². The van der Waals surface area contributed by atoms with E-state index < -0.39 is 0 Å². The molecule has 1 aromatic carbocycles. The van der Waals surface area contributed by atoms with Crippen molar-refractivity contribution in [2.45, 2.75) is 19.4 Å². The fourth-order valence-corrected chi connectivity index (χ4v) is 2.55. The molecule has 2 rings (SSSR count). The summed E-state index contributed by atoms with van der Waals surface area (Å²) in [7, 11) is 5.80. The third-order valence-electron chi connectivity index (χ3n) is 3.23. The zero-order valence-electron chi connectivity index (χ0n) is 11.6. The molecule has 0 radical (unpaired) electrons. The van der Waals surface area contributed by atoms with Gasteiger partial charge >= 0.3 is 0 Å². The highest BCUT2D eigenvalue weighted by molar-refractivity contribution is 5.72. The first-order valence-electron chi connectivity index (χ1n) is 5.99. The van der Waals surface area contributed by atoms with Crippen molar-refractivity contribution in [1.82, 2.24) is 9.99 Å². The molecule has 1 N–H and O–H groups in total. The number of rotatable bonds is 3. The van der Waals surface area contributed by atoms with Crippen molar-refractivity contribution in [1.29, 1.82) is 0 Å². The third-order valence-corrected chi connectivity index (χ3v) is 3.23. The van der Waals surface area contributed by atoms with Crippen molar-refractivity contribution >= 4 is 11.0 Å². The minimum atomic E-state index is -0.290. The summed E-state index contributed by atoms with van der Waals surface area (Å²) in [6, 6.07) is 8.35. The van der Waals surface area contributed by atoms with E-state index in [4.69, 9.17) is 0 Å². The highest BCUT2D eigenvalue weighted by Gasteiger charge is 2.35. The summed E-state index contributed by atoms with van der Waals surface area (Å²) in [4.78, 5) is 0. The molecule has 1 heterocycles. The Morgan fingerprint density at radius 3 is 2.56 bits per heavy atom. The van der Waals surface area contributed by atoms with E-state index in [0.717, 1.165) is 5.82 Å². The van der Waals surface area contributed by atoms with Gasteiger partial charge in [0, 0.05) is 0 Å². The molecule has 0 aliphatic carbocycles. The summed E-state index contributed by atoms with van der Waals surface area (Å²) >= 11 is 0. The molecule has 0 atom stereocenters. The molecule has 0 saturated heterocycles. The average Bonchev–Trinajstić information content (AvgIpc) is 2.61. The summed E-state index contributed by atoms with van der Waals surface area (Å²) in [5, 5.41) is 7.68. The van der Waals surface area contributed by atoms with Crippen LogP contribution >= 0.6 is 0 Å². The lowest BCUT2D eigenvalue weighted by Gasteiger charge is -2.19. The zero-order chi connectivity index (χ0) is 13.3. The van der Waals surface area contributed by atoms with Crippen LogP contribution in [0.1, 0.15) is 19.7 Å². The third kappa shape index (κ3) is 1.85. The molecule has 0 bridgehead atoms. The van der Waals surface area contributed by atoms with Crippen LogP contribution in [0, 0.1) is 0 Å². The molecule has 5 nitrogen and oxygen atoms in total. The van der Waals surface area contributed by atoms with Crippen molar-refractivity contribution < 1.29 is 4.57 Å². The second-order valence-corrected chi connectivity index (χ2v) is 4.97. The Morgan fingerprint density at radius 2 is 1.94 bits per heavy atom. The van der Waals surface area contributed by atoms with E-state index in [1.54, 1.807) is 7.05 Å². The molecule has 0 aliphatic rings. The number of nitrogens with one attached hydrogen (secondary N) is 1. The van der Waals surface area contributed by atoms with Gasteiger partial charge in [0.25, 0.3) is 5.82 Å². The molecule has 0 amide bonds. The van der Waals surface area contributed by atoms with Crippen LogP contribution < -0.4 is 9.99 Å². The molecular formula is C13H20N5+. The Kier molecular flexibility index (Phi) is 3.07. The first-order valence-corrected chi connectivity index (χ1v) is 5.99. The first kappa shape index (κ1) is 12.5. The average molecular weight is 246 g/mol. The van der Waals surface area contributed by atoms with Gasteiger partial charge in [0.15, 0.2) is 16.6 Å². The van der Waals surface area contributed by atoms with Gasteiger partial charge in [0.05, 0.1) is 21.1 Å². The molecule has 96 valence electrons. The maximum absolute atomic E-state index is 3.92. The van der Waals surface area contributed by atoms with Crippen LogP contribution in [0.2, 0.25) is 0 Å². The van der Waals surface area contributed by atoms with Crippen LogP contribution in [0.15, 0.2) is 34.6 Å². The molecule has 1 aromatic heterocycles. The lowest BCUT2D eigenvalue weighted by molar-refractivity contribution is -0.658. The maximum atomic E-state index is 3.92. The SMILES string of the molecule is CN=NNC(C)(C)c1n(C)c2ccccc2[n+]1C. The Morgan fingerprint density at radius 1 is 1.28 bits per heavy atom. The fraction of sp³-hybridized carbons (Fsp3) is 0.462. The monoisotopic (exact) mass is 246 g/mol. The molecule has 0 saturated carbocycles. The predicted molar refractivity (Wildman–Crippen MR) is 71.0 cm³/mol. The summed E-state index contributed by atoms with van der Waals surface area (Å²) in [6.45, 7) is 4.19. The Labute approximate surface area is 107 Å². The zero-order valence-corrected chi connectivity index (χ0v) is 11.6. The molecule has 18 heavy (non-hydrogen) atoms. The van der Waals surface area contributed by atoms with Gasteiger partial charge in [-0.05, 0) is 26.0 Å². The van der Waals surface area contributed by atoms with Gasteiger partial charge in [-0.15, -0.1) is 0 Å². The van der Waals surface area contributed by atoms with E-state index in [2.05, 4.69) is 77.1 Å². The number of hydrogen-bond acceptors (Lipinski definition) is 2. The Balaban J connectivity index is 2.64. The minimum absolute atomic E-state index is 0.290. The van der Waals surface area contributed by atoms with Crippen LogP contribution in [0.4, 0.5) is 0 Å². The topological polar surface area (TPSA) is 45.6 Å². The van der Waals surface area contributed by atoms with Crippen molar-refractivity contribution in [2.75, 3.05) is 7.05 Å². The highest BCUT2D eigenvalue weighted by atomic mass is 15.4. The molecule has 2 aromatic rings. The van der Waals surface area contributed by atoms with Gasteiger partial charge in [0.2, 0.25) is 0 Å². The Hall–Kier alpha value is -1.91. The van der Waals surface area contributed by atoms with E-state index in [0.29, 0.717) is 0 Å². The second kappa shape index (κ2) is 4.40. The van der Waals surface area contributed by atoms with Crippen LogP contribution in [-0.4, -0.2) is 11.6 Å². The van der Waals surface area contributed by atoms with Gasteiger partial charge in [-0.1, -0.05) is 17.4 Å². The molecule has 0 spiro atoms. The highest BCUT2D eigenvalue weighted by Crippen LogP contribution is 2.21. The quantitative estimate of drug-likeness (QED) is 0.501. The van der Waals surface area contributed by atoms with Crippen LogP contribution in [0.25, 0.3) is 11.0 Å². The number of benzene rings is 1. The summed E-state index contributed by atoms with van der Waals surface area (Å²) < 4.78 is 4.38. The van der Waals surface area contributed by atoms with Crippen LogP contribution in [0.5, 0.6) is 0 Å². The number of imidazole rings is 1. The van der Waals surface area contributed by atoms with Crippen LogP contribution in [0.3, 0.4) is 0 Å². The lowest BCUT2D eigenvalue weighted by atomic mass is 10.1. The van der Waals surface area contributed by atoms with E-state index in [9.17, 15) is 0 Å². The maximum Gasteiger partial charge on any atom is 0.284 e. The number of aryl methyl sites for hydroxylation is 2. The number of para-hydroxylation sites is 2. The standard InChI is InChI=1S/C13H20N5/c1-13(2,15-16-14-3)12-17(4)10-8-6-7-9-11(10)18(12)5/h6-9H,1-5H3,(H,14,15)/q+1. The van der Waals surface area contributed by atoms with Crippen molar-refractivity contribution in [3.05, 3.63) is 30.1 Å². The largest absolute Gasteiger partial charge is 0.284 e. The van der Waals surface area contributed by atoms with Gasteiger partial charge in [-0.2, -0.15) is 5.11 Å². The smallest absolute Gasteiger partial charge is 0.274 e. The molecular weight excluding hydrogens is 226 g/mol. The molecule has 0 fully saturated rings. The summed E-state index contributed by atoms with van der Waals surface area (Å²) in [5.41, 5.74) is 5.21. The number of nitrogens with zero attached hydrogens (tertiary/aromatic N) is 4. The molecule has 0 unspecified atom stereocenters. The van der Waals surface area contributed by atoms with E-state index in [1.165, 1.54) is 11.0 Å². The van der Waals surface area contributed by atoms with Gasteiger partial charge in [0.1, 0.15) is 0 Å². The van der Waals surface area contributed by atoms with E-state index in [1.807, 2.05) is 0 Å². The van der Waals surface area contributed by atoms with Gasteiger partial charge in [-0.25, -0.2) is 9.13 Å². The van der Waals surface area contributed by atoms with E-state index >= 15 is 0 Å². The first-order chi connectivity index (χ1) is 8.49. The fourth-order valence-electron chi connectivity index (χ4n) is 2.55. The second-order valence-electron chi connectivity index (χ2n) is 4.97. The molecule has 5 heteroatoms. The number of fused-ring (bicyclic) bond motifs is 1. The normalized spacial score (nSPS) is 12.5. The summed E-state index contributed by atoms with van der Waals surface area (Å²) in [6.07, 6.45) is 0. The summed E-state index contributed by atoms with van der Waals surface area (Å²) in [5.74, 6) is 1.15. The Bertz CT molecular complexity index is 556.